The highest BCUT2D eigenvalue weighted by Gasteiger charge is 2.11. The fourth-order valence-corrected chi connectivity index (χ4v) is 2.04. The molecule has 0 fully saturated rings. The van der Waals surface area contributed by atoms with Gasteiger partial charge in [-0.2, -0.15) is 0 Å². The van der Waals surface area contributed by atoms with Crippen LogP contribution in [0.5, 0.6) is 0 Å². The lowest BCUT2D eigenvalue weighted by Crippen LogP contribution is -2.21. The topological polar surface area (TPSA) is 38.1 Å². The number of amides is 1. The summed E-state index contributed by atoms with van der Waals surface area (Å²) >= 11 is 0. The minimum Gasteiger partial charge on any atom is -0.345 e. The Balaban J connectivity index is 2.56. The van der Waals surface area contributed by atoms with Crippen molar-refractivity contribution in [2.75, 3.05) is 14.1 Å². The van der Waals surface area contributed by atoms with Crippen molar-refractivity contribution < 1.29 is 4.79 Å². The quantitative estimate of drug-likeness (QED) is 0.793. The summed E-state index contributed by atoms with van der Waals surface area (Å²) < 4.78 is 2.14. The average Bonchev–Trinajstić information content (AvgIpc) is 2.61. The Morgan fingerprint density at radius 1 is 1.41 bits per heavy atom. The molecule has 0 saturated carbocycles. The second-order valence-corrected chi connectivity index (χ2v) is 4.31. The molecule has 1 aromatic heterocycles. The van der Waals surface area contributed by atoms with E-state index in [2.05, 4.69) is 16.5 Å². The van der Waals surface area contributed by atoms with Crippen molar-refractivity contribution in [2.24, 2.45) is 0 Å². The van der Waals surface area contributed by atoms with E-state index in [0.29, 0.717) is 5.56 Å². The molecule has 2 aromatic rings. The molecule has 0 atom stereocenters. The number of carbonyl (C=O) groups is 1. The number of hydrogen-bond donors (Lipinski definition) is 0. The Kier molecular flexibility index (Phi) is 2.88. The van der Waals surface area contributed by atoms with Crippen molar-refractivity contribution in [3.63, 3.8) is 0 Å². The molecule has 0 N–H and O–H groups in total. The number of imidazole rings is 1. The molecule has 0 radical (unpaired) electrons. The highest BCUT2D eigenvalue weighted by Crippen LogP contribution is 2.18. The van der Waals surface area contributed by atoms with Crippen LogP contribution in [-0.4, -0.2) is 34.5 Å². The van der Waals surface area contributed by atoms with Gasteiger partial charge in [0.2, 0.25) is 0 Å². The summed E-state index contributed by atoms with van der Waals surface area (Å²) in [5, 5.41) is 0. The Hall–Kier alpha value is -1.84. The first-order chi connectivity index (χ1) is 8.04. The molecule has 1 heterocycles. The molecule has 1 aromatic carbocycles. The van der Waals surface area contributed by atoms with Gasteiger partial charge in [0.1, 0.15) is 5.82 Å². The lowest BCUT2D eigenvalue weighted by Gasteiger charge is -2.10. The van der Waals surface area contributed by atoms with E-state index in [9.17, 15) is 4.79 Å². The minimum absolute atomic E-state index is 0.00982. The number of carbonyl (C=O) groups excluding carboxylic acids is 1. The van der Waals surface area contributed by atoms with Gasteiger partial charge in [0, 0.05) is 26.2 Å². The van der Waals surface area contributed by atoms with Gasteiger partial charge in [-0.3, -0.25) is 4.79 Å². The molecule has 0 saturated heterocycles. The van der Waals surface area contributed by atoms with E-state index in [1.807, 2.05) is 25.1 Å². The smallest absolute Gasteiger partial charge is 0.253 e. The van der Waals surface area contributed by atoms with Crippen LogP contribution in [0.1, 0.15) is 23.1 Å². The summed E-state index contributed by atoms with van der Waals surface area (Å²) in [6, 6.07) is 5.68. The van der Waals surface area contributed by atoms with Gasteiger partial charge in [0.15, 0.2) is 0 Å². The SMILES string of the molecule is CCn1c(C)nc2cc(C(=O)N(C)C)ccc21. The first kappa shape index (κ1) is 11.6. The molecule has 0 aliphatic rings. The molecule has 0 aliphatic carbocycles. The van der Waals surface area contributed by atoms with Crippen molar-refractivity contribution in [1.29, 1.82) is 0 Å². The van der Waals surface area contributed by atoms with Gasteiger partial charge in [-0.15, -0.1) is 0 Å². The van der Waals surface area contributed by atoms with Crippen LogP contribution in [0.4, 0.5) is 0 Å². The summed E-state index contributed by atoms with van der Waals surface area (Å²) in [6.45, 7) is 4.97. The van der Waals surface area contributed by atoms with Gasteiger partial charge in [-0.25, -0.2) is 4.98 Å². The third kappa shape index (κ3) is 1.90. The van der Waals surface area contributed by atoms with E-state index >= 15 is 0 Å². The molecule has 17 heavy (non-hydrogen) atoms. The van der Waals surface area contributed by atoms with Crippen molar-refractivity contribution in [2.45, 2.75) is 20.4 Å². The number of benzene rings is 1. The molecular formula is C13H17N3O. The molecule has 0 unspecified atom stereocenters. The monoisotopic (exact) mass is 231 g/mol. The number of aromatic nitrogens is 2. The molecule has 90 valence electrons. The standard InChI is InChI=1S/C13H17N3O/c1-5-16-9(2)14-11-8-10(6-7-12(11)16)13(17)15(3)4/h6-8H,5H2,1-4H3. The van der Waals surface area contributed by atoms with Gasteiger partial charge >= 0.3 is 0 Å². The Morgan fingerprint density at radius 2 is 2.12 bits per heavy atom. The predicted molar refractivity (Wildman–Crippen MR) is 68.2 cm³/mol. The third-order valence-electron chi connectivity index (χ3n) is 2.91. The van der Waals surface area contributed by atoms with Crippen LogP contribution >= 0.6 is 0 Å². The van der Waals surface area contributed by atoms with Crippen LogP contribution in [0.2, 0.25) is 0 Å². The summed E-state index contributed by atoms with van der Waals surface area (Å²) in [5.74, 6) is 0.993. The van der Waals surface area contributed by atoms with Crippen LogP contribution in [0.15, 0.2) is 18.2 Å². The molecule has 0 spiro atoms. The van der Waals surface area contributed by atoms with E-state index < -0.39 is 0 Å². The molecular weight excluding hydrogens is 214 g/mol. The lowest BCUT2D eigenvalue weighted by molar-refractivity contribution is 0.0828. The maximum Gasteiger partial charge on any atom is 0.253 e. The normalized spacial score (nSPS) is 10.8. The summed E-state index contributed by atoms with van der Waals surface area (Å²) in [5.41, 5.74) is 2.65. The van der Waals surface area contributed by atoms with Crippen molar-refractivity contribution in [1.82, 2.24) is 14.5 Å². The number of rotatable bonds is 2. The van der Waals surface area contributed by atoms with Crippen LogP contribution in [-0.2, 0) is 6.54 Å². The number of fused-ring (bicyclic) bond motifs is 1. The van der Waals surface area contributed by atoms with Crippen LogP contribution in [0.3, 0.4) is 0 Å². The first-order valence-corrected chi connectivity index (χ1v) is 5.73. The maximum absolute atomic E-state index is 11.8. The summed E-state index contributed by atoms with van der Waals surface area (Å²) in [6.07, 6.45) is 0. The molecule has 4 heteroatoms. The third-order valence-corrected chi connectivity index (χ3v) is 2.91. The van der Waals surface area contributed by atoms with Crippen molar-refractivity contribution >= 4 is 16.9 Å². The van der Waals surface area contributed by atoms with E-state index in [1.54, 1.807) is 19.0 Å². The van der Waals surface area contributed by atoms with Gasteiger partial charge in [0.25, 0.3) is 5.91 Å². The first-order valence-electron chi connectivity index (χ1n) is 5.73. The molecule has 2 rings (SSSR count). The molecule has 0 aliphatic heterocycles. The second kappa shape index (κ2) is 4.20. The Morgan fingerprint density at radius 3 is 2.71 bits per heavy atom. The second-order valence-electron chi connectivity index (χ2n) is 4.31. The fraction of sp³-hybridized carbons (Fsp3) is 0.385. The number of hydrogen-bond acceptors (Lipinski definition) is 2. The van der Waals surface area contributed by atoms with Gasteiger partial charge < -0.3 is 9.47 Å². The Labute approximate surface area is 101 Å². The van der Waals surface area contributed by atoms with Gasteiger partial charge in [-0.05, 0) is 32.0 Å². The van der Waals surface area contributed by atoms with Crippen molar-refractivity contribution in [3.8, 4) is 0 Å². The zero-order valence-electron chi connectivity index (χ0n) is 10.7. The van der Waals surface area contributed by atoms with Crippen LogP contribution in [0, 0.1) is 6.92 Å². The molecule has 1 amide bonds. The lowest BCUT2D eigenvalue weighted by atomic mass is 10.2. The summed E-state index contributed by atoms with van der Waals surface area (Å²) in [7, 11) is 3.50. The van der Waals surface area contributed by atoms with Crippen LogP contribution < -0.4 is 0 Å². The predicted octanol–water partition coefficient (Wildman–Crippen LogP) is 2.07. The van der Waals surface area contributed by atoms with Gasteiger partial charge in [0.05, 0.1) is 11.0 Å². The number of nitrogens with zero attached hydrogens (tertiary/aromatic N) is 3. The largest absolute Gasteiger partial charge is 0.345 e. The van der Waals surface area contributed by atoms with E-state index in [0.717, 1.165) is 23.4 Å². The van der Waals surface area contributed by atoms with Crippen molar-refractivity contribution in [3.05, 3.63) is 29.6 Å². The Bertz CT molecular complexity index is 569. The fourth-order valence-electron chi connectivity index (χ4n) is 2.04. The molecule has 4 nitrogen and oxygen atoms in total. The highest BCUT2D eigenvalue weighted by atomic mass is 16.2. The van der Waals surface area contributed by atoms with E-state index in [1.165, 1.54) is 0 Å². The summed E-state index contributed by atoms with van der Waals surface area (Å²) in [4.78, 5) is 17.9. The minimum atomic E-state index is 0.00982. The van der Waals surface area contributed by atoms with Crippen LogP contribution in [0.25, 0.3) is 11.0 Å². The number of aryl methyl sites for hydroxylation is 2. The highest BCUT2D eigenvalue weighted by molar-refractivity contribution is 5.97. The zero-order valence-corrected chi connectivity index (χ0v) is 10.7. The zero-order chi connectivity index (χ0) is 12.6. The average molecular weight is 231 g/mol. The van der Waals surface area contributed by atoms with E-state index in [-0.39, 0.29) is 5.91 Å². The van der Waals surface area contributed by atoms with E-state index in [4.69, 9.17) is 0 Å². The van der Waals surface area contributed by atoms with Gasteiger partial charge in [-0.1, -0.05) is 0 Å². The maximum atomic E-state index is 11.8. The molecule has 0 bridgehead atoms.